The maximum atomic E-state index is 12.2. The van der Waals surface area contributed by atoms with Crippen LogP contribution in [0.1, 0.15) is 11.1 Å². The van der Waals surface area contributed by atoms with Crippen molar-refractivity contribution in [3.05, 3.63) is 59.7 Å². The van der Waals surface area contributed by atoms with Crippen molar-refractivity contribution in [2.24, 2.45) is 0 Å². The molecule has 0 radical (unpaired) electrons. The van der Waals surface area contributed by atoms with Crippen LogP contribution in [0.5, 0.6) is 0 Å². The van der Waals surface area contributed by atoms with Crippen LogP contribution >= 0.6 is 0 Å². The molecule has 0 bridgehead atoms. The third-order valence-corrected chi connectivity index (χ3v) is 4.43. The highest BCUT2D eigenvalue weighted by atomic mass is 32.2. The summed E-state index contributed by atoms with van der Waals surface area (Å²) in [7, 11) is -3.33. The van der Waals surface area contributed by atoms with Gasteiger partial charge in [0.25, 0.3) is 0 Å². The van der Waals surface area contributed by atoms with E-state index in [1.807, 2.05) is 19.1 Å². The van der Waals surface area contributed by atoms with Crippen LogP contribution in [0.2, 0.25) is 0 Å². The summed E-state index contributed by atoms with van der Waals surface area (Å²) in [5.41, 5.74) is 7.98. The predicted molar refractivity (Wildman–Crippen MR) is 72.9 cm³/mol. The van der Waals surface area contributed by atoms with Crippen LogP contribution in [-0.4, -0.2) is 8.42 Å². The smallest absolute Gasteiger partial charge is 0.182 e. The zero-order valence-electron chi connectivity index (χ0n) is 10.1. The Bertz CT molecular complexity index is 649. The third kappa shape index (κ3) is 2.71. The number of nitrogens with two attached hydrogens (primary N) is 1. The minimum Gasteiger partial charge on any atom is -0.398 e. The zero-order valence-corrected chi connectivity index (χ0v) is 10.9. The first-order valence-electron chi connectivity index (χ1n) is 5.62. The fraction of sp³-hybridized carbons (Fsp3) is 0.143. The number of sulfone groups is 1. The highest BCUT2D eigenvalue weighted by Gasteiger charge is 2.16. The van der Waals surface area contributed by atoms with Gasteiger partial charge in [-0.1, -0.05) is 35.9 Å². The summed E-state index contributed by atoms with van der Waals surface area (Å²) in [5, 5.41) is 0. The average molecular weight is 261 g/mol. The van der Waals surface area contributed by atoms with E-state index >= 15 is 0 Å². The lowest BCUT2D eigenvalue weighted by Gasteiger charge is -2.08. The van der Waals surface area contributed by atoms with Crippen molar-refractivity contribution in [1.82, 2.24) is 0 Å². The van der Waals surface area contributed by atoms with E-state index in [4.69, 9.17) is 5.73 Å². The van der Waals surface area contributed by atoms with Crippen molar-refractivity contribution in [3.8, 4) is 0 Å². The molecule has 18 heavy (non-hydrogen) atoms. The number of nitrogen functional groups attached to an aromatic ring is 1. The molecule has 0 aliphatic carbocycles. The van der Waals surface area contributed by atoms with Gasteiger partial charge in [-0.05, 0) is 30.7 Å². The Kier molecular flexibility index (Phi) is 3.39. The summed E-state index contributed by atoms with van der Waals surface area (Å²) in [6.45, 7) is 1.91. The molecule has 2 aromatic rings. The van der Waals surface area contributed by atoms with Gasteiger partial charge >= 0.3 is 0 Å². The van der Waals surface area contributed by atoms with Crippen molar-refractivity contribution in [1.29, 1.82) is 0 Å². The molecule has 0 heterocycles. The van der Waals surface area contributed by atoms with Gasteiger partial charge in [0.05, 0.1) is 10.6 Å². The number of aryl methyl sites for hydroxylation is 1. The number of benzene rings is 2. The summed E-state index contributed by atoms with van der Waals surface area (Å²) < 4.78 is 24.4. The Morgan fingerprint density at radius 2 is 1.72 bits per heavy atom. The van der Waals surface area contributed by atoms with Crippen molar-refractivity contribution >= 4 is 15.5 Å². The number of rotatable bonds is 3. The van der Waals surface area contributed by atoms with Crippen molar-refractivity contribution in [3.63, 3.8) is 0 Å². The van der Waals surface area contributed by atoms with Crippen LogP contribution < -0.4 is 5.73 Å². The lowest BCUT2D eigenvalue weighted by atomic mass is 10.1. The Morgan fingerprint density at radius 1 is 1.06 bits per heavy atom. The van der Waals surface area contributed by atoms with E-state index in [2.05, 4.69) is 0 Å². The molecule has 94 valence electrons. The first-order chi connectivity index (χ1) is 8.49. The topological polar surface area (TPSA) is 60.2 Å². The zero-order chi connectivity index (χ0) is 13.2. The second-order valence-corrected chi connectivity index (χ2v) is 6.26. The predicted octanol–water partition coefficient (Wildman–Crippen LogP) is 2.55. The minimum atomic E-state index is -3.33. The van der Waals surface area contributed by atoms with E-state index in [-0.39, 0.29) is 5.75 Å². The van der Waals surface area contributed by atoms with E-state index in [0.29, 0.717) is 16.1 Å². The van der Waals surface area contributed by atoms with E-state index in [0.717, 1.165) is 5.56 Å². The minimum absolute atomic E-state index is 0.0650. The lowest BCUT2D eigenvalue weighted by Crippen LogP contribution is -2.07. The molecule has 2 rings (SSSR count). The molecule has 0 amide bonds. The molecule has 4 heteroatoms. The Balaban J connectivity index is 2.37. The normalized spacial score (nSPS) is 11.4. The lowest BCUT2D eigenvalue weighted by molar-refractivity contribution is 0.595. The second kappa shape index (κ2) is 4.82. The summed E-state index contributed by atoms with van der Waals surface area (Å²) in [5.74, 6) is -0.0650. The van der Waals surface area contributed by atoms with Gasteiger partial charge in [0, 0.05) is 5.69 Å². The fourth-order valence-electron chi connectivity index (χ4n) is 1.78. The molecule has 3 nitrogen and oxygen atoms in total. The van der Waals surface area contributed by atoms with Gasteiger partial charge < -0.3 is 5.73 Å². The molecule has 0 aromatic heterocycles. The van der Waals surface area contributed by atoms with Crippen LogP contribution in [0.25, 0.3) is 0 Å². The van der Waals surface area contributed by atoms with E-state index in [1.165, 1.54) is 0 Å². The van der Waals surface area contributed by atoms with Crippen LogP contribution in [0.4, 0.5) is 5.69 Å². The molecule has 0 aliphatic heterocycles. The molecule has 0 aliphatic rings. The number of anilines is 1. The van der Waals surface area contributed by atoms with E-state index in [1.54, 1.807) is 36.4 Å². The van der Waals surface area contributed by atoms with Gasteiger partial charge in [-0.15, -0.1) is 0 Å². The molecule has 2 N–H and O–H groups in total. The summed E-state index contributed by atoms with van der Waals surface area (Å²) in [6, 6.07) is 13.8. The van der Waals surface area contributed by atoms with E-state index < -0.39 is 9.84 Å². The summed E-state index contributed by atoms with van der Waals surface area (Å²) in [6.07, 6.45) is 0. The molecule has 0 atom stereocenters. The van der Waals surface area contributed by atoms with Gasteiger partial charge in [-0.3, -0.25) is 0 Å². The molecule has 0 unspecified atom stereocenters. The SMILES string of the molecule is Cc1ccc(N)c(CS(=O)(=O)c2ccccc2)c1. The van der Waals surface area contributed by atoms with Crippen molar-refractivity contribution in [2.45, 2.75) is 17.6 Å². The van der Waals surface area contributed by atoms with Crippen LogP contribution in [-0.2, 0) is 15.6 Å². The molecular formula is C14H15NO2S. The van der Waals surface area contributed by atoms with Crippen LogP contribution in [0.15, 0.2) is 53.4 Å². The van der Waals surface area contributed by atoms with Crippen LogP contribution in [0.3, 0.4) is 0 Å². The van der Waals surface area contributed by atoms with E-state index in [9.17, 15) is 8.42 Å². The average Bonchev–Trinajstić information content (AvgIpc) is 2.35. The van der Waals surface area contributed by atoms with Gasteiger partial charge in [-0.25, -0.2) is 8.42 Å². The van der Waals surface area contributed by atoms with Gasteiger partial charge in [-0.2, -0.15) is 0 Å². The molecule has 0 fully saturated rings. The quantitative estimate of drug-likeness (QED) is 0.864. The monoisotopic (exact) mass is 261 g/mol. The summed E-state index contributed by atoms with van der Waals surface area (Å²) in [4.78, 5) is 0.325. The highest BCUT2D eigenvalue weighted by molar-refractivity contribution is 7.90. The Hall–Kier alpha value is -1.81. The number of hydrogen-bond acceptors (Lipinski definition) is 3. The second-order valence-electron chi connectivity index (χ2n) is 4.27. The molecule has 0 saturated carbocycles. The fourth-order valence-corrected chi connectivity index (χ4v) is 3.17. The van der Waals surface area contributed by atoms with Gasteiger partial charge in [0.2, 0.25) is 0 Å². The van der Waals surface area contributed by atoms with Gasteiger partial charge in [0.1, 0.15) is 0 Å². The maximum Gasteiger partial charge on any atom is 0.182 e. The van der Waals surface area contributed by atoms with Crippen molar-refractivity contribution in [2.75, 3.05) is 5.73 Å². The molecule has 0 saturated heterocycles. The molecule has 2 aromatic carbocycles. The van der Waals surface area contributed by atoms with Crippen LogP contribution in [0, 0.1) is 6.92 Å². The Labute approximate surface area is 107 Å². The maximum absolute atomic E-state index is 12.2. The van der Waals surface area contributed by atoms with Gasteiger partial charge in [0.15, 0.2) is 9.84 Å². The first kappa shape index (κ1) is 12.6. The Morgan fingerprint density at radius 3 is 2.39 bits per heavy atom. The highest BCUT2D eigenvalue weighted by Crippen LogP contribution is 2.21. The third-order valence-electron chi connectivity index (χ3n) is 2.75. The standard InChI is InChI=1S/C14H15NO2S/c1-11-7-8-14(15)12(9-11)10-18(16,17)13-5-3-2-4-6-13/h2-9H,10,15H2,1H3. The molecule has 0 spiro atoms. The largest absolute Gasteiger partial charge is 0.398 e. The first-order valence-corrected chi connectivity index (χ1v) is 7.27. The van der Waals surface area contributed by atoms with Crippen molar-refractivity contribution < 1.29 is 8.42 Å². The molecular weight excluding hydrogens is 246 g/mol. The number of hydrogen-bond donors (Lipinski definition) is 1. The summed E-state index contributed by atoms with van der Waals surface area (Å²) >= 11 is 0.